The molecule has 0 spiro atoms. The van der Waals surface area contributed by atoms with Gasteiger partial charge in [0.2, 0.25) is 0 Å². The van der Waals surface area contributed by atoms with Crippen molar-refractivity contribution >= 4 is 0 Å². The molecule has 0 heterocycles. The van der Waals surface area contributed by atoms with Gasteiger partial charge in [0.1, 0.15) is 6.10 Å². The third-order valence-electron chi connectivity index (χ3n) is 3.00. The standard InChI is InChI=1S/C16H18O2/c1-16(2,18)15(17)14-10-8-13(9-11-14)12-6-4-3-5-7-12/h3-11,15,17-18H,1-2H3. The fourth-order valence-corrected chi connectivity index (χ4v) is 1.90. The van der Waals surface area contributed by atoms with E-state index >= 15 is 0 Å². The van der Waals surface area contributed by atoms with E-state index in [0.29, 0.717) is 0 Å². The molecule has 0 aromatic heterocycles. The normalized spacial score (nSPS) is 13.3. The van der Waals surface area contributed by atoms with Crippen LogP contribution in [0.3, 0.4) is 0 Å². The van der Waals surface area contributed by atoms with Gasteiger partial charge in [0.25, 0.3) is 0 Å². The van der Waals surface area contributed by atoms with Crippen LogP contribution in [0.25, 0.3) is 11.1 Å². The second-order valence-corrected chi connectivity index (χ2v) is 5.04. The van der Waals surface area contributed by atoms with Crippen LogP contribution in [0.1, 0.15) is 25.5 Å². The molecule has 0 radical (unpaired) electrons. The summed E-state index contributed by atoms with van der Waals surface area (Å²) in [7, 11) is 0. The molecule has 0 fully saturated rings. The quantitative estimate of drug-likeness (QED) is 0.868. The molecule has 2 N–H and O–H groups in total. The Morgan fingerprint density at radius 1 is 0.833 bits per heavy atom. The van der Waals surface area contributed by atoms with Crippen molar-refractivity contribution in [2.75, 3.05) is 0 Å². The molecule has 0 amide bonds. The van der Waals surface area contributed by atoms with Crippen molar-refractivity contribution in [1.82, 2.24) is 0 Å². The highest BCUT2D eigenvalue weighted by Gasteiger charge is 2.25. The summed E-state index contributed by atoms with van der Waals surface area (Å²) in [6, 6.07) is 17.7. The second kappa shape index (κ2) is 4.92. The Morgan fingerprint density at radius 2 is 1.33 bits per heavy atom. The van der Waals surface area contributed by atoms with Crippen molar-refractivity contribution in [3.8, 4) is 11.1 Å². The summed E-state index contributed by atoms with van der Waals surface area (Å²) < 4.78 is 0. The first-order chi connectivity index (χ1) is 8.48. The van der Waals surface area contributed by atoms with E-state index in [1.54, 1.807) is 13.8 Å². The average Bonchev–Trinajstić information content (AvgIpc) is 2.38. The van der Waals surface area contributed by atoms with Gasteiger partial charge in [0.15, 0.2) is 0 Å². The molecule has 0 aliphatic carbocycles. The summed E-state index contributed by atoms with van der Waals surface area (Å²) in [5.41, 5.74) is 1.83. The van der Waals surface area contributed by atoms with Crippen LogP contribution in [-0.2, 0) is 0 Å². The lowest BCUT2D eigenvalue weighted by Gasteiger charge is -2.24. The van der Waals surface area contributed by atoms with E-state index in [1.165, 1.54) is 0 Å². The van der Waals surface area contributed by atoms with E-state index in [4.69, 9.17) is 0 Å². The van der Waals surface area contributed by atoms with Gasteiger partial charge in [-0.3, -0.25) is 0 Å². The van der Waals surface area contributed by atoms with Crippen LogP contribution in [0.5, 0.6) is 0 Å². The van der Waals surface area contributed by atoms with Gasteiger partial charge in [-0.15, -0.1) is 0 Å². The van der Waals surface area contributed by atoms with Crippen molar-refractivity contribution in [2.45, 2.75) is 25.6 Å². The van der Waals surface area contributed by atoms with Gasteiger partial charge in [-0.05, 0) is 30.5 Å². The fraction of sp³-hybridized carbons (Fsp3) is 0.250. The van der Waals surface area contributed by atoms with E-state index in [1.807, 2.05) is 54.6 Å². The van der Waals surface area contributed by atoms with Crippen molar-refractivity contribution in [3.63, 3.8) is 0 Å². The van der Waals surface area contributed by atoms with Crippen molar-refractivity contribution in [3.05, 3.63) is 60.2 Å². The highest BCUT2D eigenvalue weighted by molar-refractivity contribution is 5.63. The predicted octanol–water partition coefficient (Wildman–Crippen LogP) is 3.16. The number of rotatable bonds is 3. The minimum absolute atomic E-state index is 0.724. The highest BCUT2D eigenvalue weighted by Crippen LogP contribution is 2.27. The number of hydrogen-bond donors (Lipinski definition) is 2. The summed E-state index contributed by atoms with van der Waals surface area (Å²) >= 11 is 0. The molecule has 2 heteroatoms. The minimum atomic E-state index is -1.13. The van der Waals surface area contributed by atoms with E-state index < -0.39 is 11.7 Å². The van der Waals surface area contributed by atoms with E-state index in [9.17, 15) is 10.2 Å². The van der Waals surface area contributed by atoms with Crippen LogP contribution in [-0.4, -0.2) is 15.8 Å². The predicted molar refractivity (Wildman–Crippen MR) is 73.1 cm³/mol. The van der Waals surface area contributed by atoms with E-state index in [0.717, 1.165) is 16.7 Å². The lowest BCUT2D eigenvalue weighted by atomic mass is 9.93. The number of aliphatic hydroxyl groups is 2. The first kappa shape index (κ1) is 12.8. The molecule has 1 atom stereocenters. The summed E-state index contributed by atoms with van der Waals surface area (Å²) in [6.07, 6.45) is -0.873. The van der Waals surface area contributed by atoms with Crippen molar-refractivity contribution < 1.29 is 10.2 Å². The van der Waals surface area contributed by atoms with Crippen LogP contribution in [0.15, 0.2) is 54.6 Å². The molecule has 0 bridgehead atoms. The van der Waals surface area contributed by atoms with E-state index in [-0.39, 0.29) is 0 Å². The van der Waals surface area contributed by atoms with E-state index in [2.05, 4.69) is 0 Å². The lowest BCUT2D eigenvalue weighted by Crippen LogP contribution is -2.28. The Hall–Kier alpha value is -1.64. The third kappa shape index (κ3) is 2.78. The van der Waals surface area contributed by atoms with Crippen LogP contribution in [0, 0.1) is 0 Å². The molecular formula is C16H18O2. The molecule has 2 aromatic rings. The Bertz CT molecular complexity index is 495. The zero-order valence-corrected chi connectivity index (χ0v) is 10.7. The zero-order chi connectivity index (χ0) is 13.2. The third-order valence-corrected chi connectivity index (χ3v) is 3.00. The first-order valence-corrected chi connectivity index (χ1v) is 6.04. The van der Waals surface area contributed by atoms with Crippen molar-refractivity contribution in [1.29, 1.82) is 0 Å². The largest absolute Gasteiger partial charge is 0.387 e. The lowest BCUT2D eigenvalue weighted by molar-refractivity contribution is -0.0496. The van der Waals surface area contributed by atoms with Gasteiger partial charge in [0, 0.05) is 0 Å². The Morgan fingerprint density at radius 3 is 1.83 bits per heavy atom. The Kier molecular flexibility index (Phi) is 3.50. The molecule has 0 saturated heterocycles. The average molecular weight is 242 g/mol. The van der Waals surface area contributed by atoms with Gasteiger partial charge in [0.05, 0.1) is 5.60 Å². The molecule has 94 valence electrons. The van der Waals surface area contributed by atoms with Gasteiger partial charge >= 0.3 is 0 Å². The van der Waals surface area contributed by atoms with Gasteiger partial charge in [-0.1, -0.05) is 54.6 Å². The first-order valence-electron chi connectivity index (χ1n) is 6.04. The van der Waals surface area contributed by atoms with Crippen LogP contribution < -0.4 is 0 Å². The highest BCUT2D eigenvalue weighted by atomic mass is 16.3. The molecule has 0 aliphatic heterocycles. The van der Waals surface area contributed by atoms with Gasteiger partial charge in [-0.2, -0.15) is 0 Å². The molecule has 0 saturated carbocycles. The summed E-state index contributed by atoms with van der Waals surface area (Å²) in [5, 5.41) is 19.7. The molecular weight excluding hydrogens is 224 g/mol. The van der Waals surface area contributed by atoms with Crippen molar-refractivity contribution in [2.24, 2.45) is 0 Å². The second-order valence-electron chi connectivity index (χ2n) is 5.04. The molecule has 1 unspecified atom stereocenters. The topological polar surface area (TPSA) is 40.5 Å². The van der Waals surface area contributed by atoms with Crippen LogP contribution in [0.2, 0.25) is 0 Å². The number of aliphatic hydroxyl groups excluding tert-OH is 1. The maximum atomic E-state index is 9.97. The maximum Gasteiger partial charge on any atom is 0.107 e. The molecule has 18 heavy (non-hydrogen) atoms. The summed E-state index contributed by atoms with van der Waals surface area (Å²) in [6.45, 7) is 3.20. The fourth-order valence-electron chi connectivity index (χ4n) is 1.90. The van der Waals surface area contributed by atoms with Gasteiger partial charge in [-0.25, -0.2) is 0 Å². The summed E-state index contributed by atoms with van der Waals surface area (Å²) in [4.78, 5) is 0. The smallest absolute Gasteiger partial charge is 0.107 e. The molecule has 2 rings (SSSR count). The number of hydrogen-bond acceptors (Lipinski definition) is 2. The number of benzene rings is 2. The Labute approximate surface area is 108 Å². The van der Waals surface area contributed by atoms with Gasteiger partial charge < -0.3 is 10.2 Å². The van der Waals surface area contributed by atoms with Crippen LogP contribution in [0.4, 0.5) is 0 Å². The Balaban J connectivity index is 2.26. The zero-order valence-electron chi connectivity index (χ0n) is 10.7. The summed E-state index contributed by atoms with van der Waals surface area (Å²) in [5.74, 6) is 0. The maximum absolute atomic E-state index is 9.97. The molecule has 2 aromatic carbocycles. The molecule has 0 aliphatic rings. The molecule has 2 nitrogen and oxygen atoms in total. The van der Waals surface area contributed by atoms with Crippen LogP contribution >= 0.6 is 0 Å². The minimum Gasteiger partial charge on any atom is -0.387 e. The monoisotopic (exact) mass is 242 g/mol. The SMILES string of the molecule is CC(C)(O)C(O)c1ccc(-c2ccccc2)cc1.